The van der Waals surface area contributed by atoms with Crippen molar-refractivity contribution in [1.82, 2.24) is 0 Å². The number of hydrogen-bond acceptors (Lipinski definition) is 3. The molecule has 0 heterocycles. The van der Waals surface area contributed by atoms with Crippen LogP contribution >= 0.6 is 11.6 Å². The first kappa shape index (κ1) is 12.5. The molecule has 0 amide bonds. The third-order valence-electron chi connectivity index (χ3n) is 2.64. The maximum atomic E-state index is 10.8. The predicted octanol–water partition coefficient (Wildman–Crippen LogP) is 3.41. The topological polar surface area (TPSA) is 52.3 Å². The highest BCUT2D eigenvalue weighted by atomic mass is 35.5. The first-order chi connectivity index (χ1) is 8.65. The molecule has 2 N–H and O–H groups in total. The molecule has 0 aliphatic rings. The van der Waals surface area contributed by atoms with E-state index in [2.05, 4.69) is 0 Å². The number of carbonyl (C=O) groups excluding carboxylic acids is 1. The van der Waals surface area contributed by atoms with E-state index in [0.29, 0.717) is 22.0 Å². The molecule has 3 nitrogen and oxygen atoms in total. The van der Waals surface area contributed by atoms with Crippen LogP contribution in [0.15, 0.2) is 36.4 Å². The number of anilines is 1. The molecule has 0 radical (unpaired) electrons. The zero-order valence-electron chi connectivity index (χ0n) is 9.81. The Morgan fingerprint density at radius 1 is 1.17 bits per heavy atom. The number of ether oxygens (including phenoxy) is 1. The van der Waals surface area contributed by atoms with Gasteiger partial charge in [-0.25, -0.2) is 0 Å². The number of methoxy groups -OCH3 is 1. The molecule has 0 bridgehead atoms. The van der Waals surface area contributed by atoms with Crippen molar-refractivity contribution in [3.63, 3.8) is 0 Å². The molecule has 4 heteroatoms. The summed E-state index contributed by atoms with van der Waals surface area (Å²) in [6.45, 7) is 0. The van der Waals surface area contributed by atoms with Gasteiger partial charge in [0, 0.05) is 22.4 Å². The van der Waals surface area contributed by atoms with E-state index in [-0.39, 0.29) is 0 Å². The minimum atomic E-state index is 0.524. The first-order valence-electron chi connectivity index (χ1n) is 5.34. The summed E-state index contributed by atoms with van der Waals surface area (Å²) in [5, 5.41) is 0.524. The van der Waals surface area contributed by atoms with Crippen molar-refractivity contribution in [2.45, 2.75) is 0 Å². The second kappa shape index (κ2) is 5.10. The van der Waals surface area contributed by atoms with Gasteiger partial charge in [0.15, 0.2) is 0 Å². The van der Waals surface area contributed by atoms with Crippen LogP contribution in [0.1, 0.15) is 10.4 Å². The van der Waals surface area contributed by atoms with E-state index < -0.39 is 0 Å². The molecule has 0 unspecified atom stereocenters. The lowest BCUT2D eigenvalue weighted by Crippen LogP contribution is -1.92. The van der Waals surface area contributed by atoms with Crippen LogP contribution in [0.2, 0.25) is 5.02 Å². The Morgan fingerprint density at radius 3 is 2.56 bits per heavy atom. The number of hydrogen-bond donors (Lipinski definition) is 1. The molecule has 2 aromatic rings. The minimum Gasteiger partial charge on any atom is -0.496 e. The zero-order valence-corrected chi connectivity index (χ0v) is 10.6. The van der Waals surface area contributed by atoms with E-state index in [9.17, 15) is 4.79 Å². The summed E-state index contributed by atoms with van der Waals surface area (Å²) >= 11 is 6.16. The Labute approximate surface area is 110 Å². The van der Waals surface area contributed by atoms with Gasteiger partial charge in [-0.15, -0.1) is 0 Å². The standard InChI is InChI=1S/C14H12ClNO2/c1-18-14-5-2-9(8-17)6-12(14)11-4-3-10(16)7-13(11)15/h2-8H,16H2,1H3. The number of halogens is 1. The van der Waals surface area contributed by atoms with Gasteiger partial charge in [0.1, 0.15) is 12.0 Å². The molecular weight excluding hydrogens is 250 g/mol. The highest BCUT2D eigenvalue weighted by Crippen LogP contribution is 2.36. The summed E-state index contributed by atoms with van der Waals surface area (Å²) < 4.78 is 5.28. The maximum absolute atomic E-state index is 10.8. The van der Waals surface area contributed by atoms with Crippen molar-refractivity contribution in [3.8, 4) is 16.9 Å². The third-order valence-corrected chi connectivity index (χ3v) is 2.96. The molecule has 0 aliphatic carbocycles. The smallest absolute Gasteiger partial charge is 0.150 e. The van der Waals surface area contributed by atoms with E-state index in [1.54, 1.807) is 37.4 Å². The minimum absolute atomic E-state index is 0.524. The van der Waals surface area contributed by atoms with Crippen molar-refractivity contribution in [2.75, 3.05) is 12.8 Å². The number of carbonyl (C=O) groups is 1. The van der Waals surface area contributed by atoms with Crippen LogP contribution in [0.3, 0.4) is 0 Å². The van der Waals surface area contributed by atoms with Crippen LogP contribution < -0.4 is 10.5 Å². The average molecular weight is 262 g/mol. The van der Waals surface area contributed by atoms with E-state index in [4.69, 9.17) is 22.1 Å². The van der Waals surface area contributed by atoms with Crippen molar-refractivity contribution >= 4 is 23.6 Å². The Hall–Kier alpha value is -2.00. The summed E-state index contributed by atoms with van der Waals surface area (Å²) in [5.74, 6) is 0.660. The van der Waals surface area contributed by atoms with E-state index in [0.717, 1.165) is 17.4 Å². The fraction of sp³-hybridized carbons (Fsp3) is 0.0714. The molecule has 2 rings (SSSR count). The van der Waals surface area contributed by atoms with Crippen molar-refractivity contribution in [3.05, 3.63) is 47.0 Å². The van der Waals surface area contributed by atoms with E-state index >= 15 is 0 Å². The van der Waals surface area contributed by atoms with Crippen LogP contribution in [-0.2, 0) is 0 Å². The van der Waals surface area contributed by atoms with E-state index in [1.807, 2.05) is 6.07 Å². The molecule has 18 heavy (non-hydrogen) atoms. The van der Waals surface area contributed by atoms with Crippen molar-refractivity contribution < 1.29 is 9.53 Å². The van der Waals surface area contributed by atoms with Gasteiger partial charge in [-0.05, 0) is 30.3 Å². The molecule has 92 valence electrons. The number of rotatable bonds is 3. The Balaban J connectivity index is 2.64. The van der Waals surface area contributed by atoms with Crippen LogP contribution in [0, 0.1) is 0 Å². The first-order valence-corrected chi connectivity index (χ1v) is 5.72. The van der Waals surface area contributed by atoms with Gasteiger partial charge in [-0.2, -0.15) is 0 Å². The summed E-state index contributed by atoms with van der Waals surface area (Å²) in [5.41, 5.74) is 8.37. The van der Waals surface area contributed by atoms with Gasteiger partial charge >= 0.3 is 0 Å². The van der Waals surface area contributed by atoms with Gasteiger partial charge in [-0.3, -0.25) is 4.79 Å². The molecule has 0 atom stereocenters. The second-order valence-corrected chi connectivity index (χ2v) is 4.22. The molecule has 0 saturated carbocycles. The van der Waals surface area contributed by atoms with Crippen molar-refractivity contribution in [1.29, 1.82) is 0 Å². The SMILES string of the molecule is COc1ccc(C=O)cc1-c1ccc(N)cc1Cl. The lowest BCUT2D eigenvalue weighted by Gasteiger charge is -2.11. The number of nitrogens with two attached hydrogens (primary N) is 1. The number of nitrogen functional groups attached to an aromatic ring is 1. The average Bonchev–Trinajstić information content (AvgIpc) is 2.38. The normalized spacial score (nSPS) is 10.1. The monoisotopic (exact) mass is 261 g/mol. The van der Waals surface area contributed by atoms with Crippen molar-refractivity contribution in [2.24, 2.45) is 0 Å². The lowest BCUT2D eigenvalue weighted by atomic mass is 10.0. The molecular formula is C14H12ClNO2. The Morgan fingerprint density at radius 2 is 1.94 bits per heavy atom. The Kier molecular flexibility index (Phi) is 3.53. The van der Waals surface area contributed by atoms with Crippen LogP contribution in [-0.4, -0.2) is 13.4 Å². The molecule has 0 spiro atoms. The number of benzene rings is 2. The quantitative estimate of drug-likeness (QED) is 0.680. The van der Waals surface area contributed by atoms with Crippen LogP contribution in [0.4, 0.5) is 5.69 Å². The largest absolute Gasteiger partial charge is 0.496 e. The maximum Gasteiger partial charge on any atom is 0.150 e. The molecule has 0 fully saturated rings. The fourth-order valence-corrected chi connectivity index (χ4v) is 2.05. The summed E-state index contributed by atoms with van der Waals surface area (Å²) in [7, 11) is 1.57. The van der Waals surface area contributed by atoms with Crippen LogP contribution in [0.25, 0.3) is 11.1 Å². The molecule has 2 aromatic carbocycles. The predicted molar refractivity (Wildman–Crippen MR) is 73.2 cm³/mol. The van der Waals surface area contributed by atoms with Crippen LogP contribution in [0.5, 0.6) is 5.75 Å². The Bertz CT molecular complexity index is 596. The highest BCUT2D eigenvalue weighted by Gasteiger charge is 2.10. The summed E-state index contributed by atoms with van der Waals surface area (Å²) in [6.07, 6.45) is 0.786. The van der Waals surface area contributed by atoms with Gasteiger partial charge in [-0.1, -0.05) is 17.7 Å². The molecule has 0 saturated heterocycles. The fourth-order valence-electron chi connectivity index (χ4n) is 1.76. The van der Waals surface area contributed by atoms with Gasteiger partial charge in [0.05, 0.1) is 12.1 Å². The summed E-state index contributed by atoms with van der Waals surface area (Å²) in [4.78, 5) is 10.8. The molecule has 0 aliphatic heterocycles. The van der Waals surface area contributed by atoms with Gasteiger partial charge in [0.25, 0.3) is 0 Å². The highest BCUT2D eigenvalue weighted by molar-refractivity contribution is 6.33. The van der Waals surface area contributed by atoms with Gasteiger partial charge < -0.3 is 10.5 Å². The van der Waals surface area contributed by atoms with Gasteiger partial charge in [0.2, 0.25) is 0 Å². The second-order valence-electron chi connectivity index (χ2n) is 3.82. The third kappa shape index (κ3) is 2.31. The summed E-state index contributed by atoms with van der Waals surface area (Å²) in [6, 6.07) is 10.4. The number of aldehydes is 1. The molecule has 0 aromatic heterocycles. The zero-order chi connectivity index (χ0) is 13.1. The van der Waals surface area contributed by atoms with E-state index in [1.165, 1.54) is 0 Å². The lowest BCUT2D eigenvalue weighted by molar-refractivity contribution is 0.112.